The van der Waals surface area contributed by atoms with Crippen LogP contribution in [0.4, 0.5) is 0 Å². The Bertz CT molecular complexity index is 402. The minimum atomic E-state index is 0.513. The molecule has 0 aromatic carbocycles. The summed E-state index contributed by atoms with van der Waals surface area (Å²) >= 11 is 1.78. The molecule has 0 amide bonds. The number of fused-ring (bicyclic) bond motifs is 5. The molecule has 3 aliphatic rings. The molecule has 3 saturated heterocycles. The van der Waals surface area contributed by atoms with Crippen LogP contribution in [0.5, 0.6) is 0 Å². The van der Waals surface area contributed by atoms with Crippen molar-refractivity contribution in [1.29, 1.82) is 0 Å². The van der Waals surface area contributed by atoms with Crippen molar-refractivity contribution in [3.05, 3.63) is 0 Å². The first kappa shape index (κ1) is 14.1. The third kappa shape index (κ3) is 2.64. The molecule has 110 valence electrons. The van der Waals surface area contributed by atoms with E-state index in [0.29, 0.717) is 12.2 Å². The Balaban J connectivity index is 1.48. The van der Waals surface area contributed by atoms with Gasteiger partial charge in [-0.15, -0.1) is 18.2 Å². The van der Waals surface area contributed by atoms with Crippen molar-refractivity contribution >= 4 is 17.7 Å². The van der Waals surface area contributed by atoms with E-state index in [4.69, 9.17) is 11.2 Å². The van der Waals surface area contributed by atoms with Crippen molar-refractivity contribution in [2.75, 3.05) is 38.2 Å². The lowest BCUT2D eigenvalue weighted by molar-refractivity contribution is 0.0767. The predicted octanol–water partition coefficient (Wildman–Crippen LogP) is 1.04. The molecule has 0 spiro atoms. The summed E-state index contributed by atoms with van der Waals surface area (Å²) in [6, 6.07) is 0. The molecule has 3 rings (SSSR count). The zero-order chi connectivity index (χ0) is 13.9. The van der Waals surface area contributed by atoms with Crippen LogP contribution in [0, 0.1) is 24.2 Å². The molecule has 0 aromatic rings. The number of likely N-dealkylation sites (tertiary alicyclic amines) is 1. The molecule has 0 saturated carbocycles. The fraction of sp³-hybridized carbons (Fsp3) is 0.800. The summed E-state index contributed by atoms with van der Waals surface area (Å²) in [5, 5.41) is 3.46. The van der Waals surface area contributed by atoms with Gasteiger partial charge in [0.05, 0.1) is 18.0 Å². The van der Waals surface area contributed by atoms with Crippen LogP contribution in [0.3, 0.4) is 0 Å². The number of hydrogen-bond acceptors (Lipinski definition) is 3. The average Bonchev–Trinajstić information content (AvgIpc) is 3.14. The molecule has 3 heterocycles. The molecule has 0 aliphatic carbocycles. The zero-order valence-electron chi connectivity index (χ0n) is 12.0. The Morgan fingerprint density at radius 1 is 1.40 bits per heavy atom. The highest BCUT2D eigenvalue weighted by atomic mass is 32.2. The van der Waals surface area contributed by atoms with E-state index in [0.717, 1.165) is 48.9 Å². The summed E-state index contributed by atoms with van der Waals surface area (Å²) in [5.41, 5.74) is 0. The quantitative estimate of drug-likeness (QED) is 0.364. The standard InChI is InChI=1S/C15H23N3OS/c1-3-7-20-8-6-17-15(16-2)18-9-11-12(10-18)14-5-4-13(11)19-14/h1,11-14H,4-10H2,2H3,(H,16,17). The maximum Gasteiger partial charge on any atom is 0.193 e. The predicted molar refractivity (Wildman–Crippen MR) is 84.0 cm³/mol. The number of thioether (sulfide) groups is 1. The highest BCUT2D eigenvalue weighted by Crippen LogP contribution is 2.47. The summed E-state index contributed by atoms with van der Waals surface area (Å²) in [6.45, 7) is 3.13. The Labute approximate surface area is 125 Å². The maximum atomic E-state index is 6.02. The van der Waals surface area contributed by atoms with Gasteiger partial charge in [0, 0.05) is 44.3 Å². The first-order chi connectivity index (χ1) is 9.83. The molecule has 5 heteroatoms. The first-order valence-corrected chi connectivity index (χ1v) is 8.61. The highest BCUT2D eigenvalue weighted by molar-refractivity contribution is 7.99. The Morgan fingerprint density at radius 2 is 2.10 bits per heavy atom. The summed E-state index contributed by atoms with van der Waals surface area (Å²) in [6.07, 6.45) is 8.79. The second kappa shape index (κ2) is 6.28. The van der Waals surface area contributed by atoms with Gasteiger partial charge in [0.1, 0.15) is 0 Å². The van der Waals surface area contributed by atoms with Crippen molar-refractivity contribution in [3.8, 4) is 12.3 Å². The first-order valence-electron chi connectivity index (χ1n) is 7.45. The number of nitrogens with one attached hydrogen (secondary N) is 1. The van der Waals surface area contributed by atoms with E-state index < -0.39 is 0 Å². The molecule has 4 atom stereocenters. The summed E-state index contributed by atoms with van der Waals surface area (Å²) < 4.78 is 6.02. The minimum Gasteiger partial charge on any atom is -0.374 e. The van der Waals surface area contributed by atoms with Crippen LogP contribution in [0.25, 0.3) is 0 Å². The Morgan fingerprint density at radius 3 is 2.70 bits per heavy atom. The number of guanidine groups is 1. The second-order valence-corrected chi connectivity index (χ2v) is 6.86. The number of terminal acetylenes is 1. The van der Waals surface area contributed by atoms with Crippen molar-refractivity contribution in [2.45, 2.75) is 25.0 Å². The van der Waals surface area contributed by atoms with Gasteiger partial charge in [0.2, 0.25) is 0 Å². The smallest absolute Gasteiger partial charge is 0.193 e. The summed E-state index contributed by atoms with van der Waals surface area (Å²) in [7, 11) is 1.87. The highest BCUT2D eigenvalue weighted by Gasteiger charge is 2.53. The number of rotatable bonds is 4. The molecule has 0 aromatic heterocycles. The van der Waals surface area contributed by atoms with E-state index in [1.807, 2.05) is 7.05 Å². The normalized spacial score (nSPS) is 35.2. The molecule has 3 aliphatic heterocycles. The monoisotopic (exact) mass is 293 g/mol. The van der Waals surface area contributed by atoms with Crippen LogP contribution >= 0.6 is 11.8 Å². The van der Waals surface area contributed by atoms with Crippen molar-refractivity contribution in [1.82, 2.24) is 10.2 Å². The van der Waals surface area contributed by atoms with Gasteiger partial charge in [0.15, 0.2) is 5.96 Å². The van der Waals surface area contributed by atoms with Crippen LogP contribution in [-0.2, 0) is 4.74 Å². The van der Waals surface area contributed by atoms with E-state index in [9.17, 15) is 0 Å². The third-order valence-corrected chi connectivity index (χ3v) is 5.54. The lowest BCUT2D eigenvalue weighted by Gasteiger charge is -2.23. The lowest BCUT2D eigenvalue weighted by Crippen LogP contribution is -2.42. The fourth-order valence-corrected chi connectivity index (χ4v) is 4.34. The molecule has 4 nitrogen and oxygen atoms in total. The van der Waals surface area contributed by atoms with Crippen LogP contribution in [0.2, 0.25) is 0 Å². The maximum absolute atomic E-state index is 6.02. The van der Waals surface area contributed by atoms with E-state index in [-0.39, 0.29) is 0 Å². The number of ether oxygens (including phenoxy) is 1. The zero-order valence-corrected chi connectivity index (χ0v) is 12.9. The average molecular weight is 293 g/mol. The summed E-state index contributed by atoms with van der Waals surface area (Å²) in [5.74, 6) is 6.95. The number of hydrogen-bond donors (Lipinski definition) is 1. The van der Waals surface area contributed by atoms with Crippen LogP contribution in [0.1, 0.15) is 12.8 Å². The van der Waals surface area contributed by atoms with Crippen molar-refractivity contribution in [2.24, 2.45) is 16.8 Å². The van der Waals surface area contributed by atoms with Gasteiger partial charge in [-0.3, -0.25) is 4.99 Å². The Hall–Kier alpha value is -0.860. The lowest BCUT2D eigenvalue weighted by atomic mass is 9.82. The van der Waals surface area contributed by atoms with Crippen LogP contribution in [0.15, 0.2) is 4.99 Å². The molecular formula is C15H23N3OS. The van der Waals surface area contributed by atoms with Crippen molar-refractivity contribution < 1.29 is 4.74 Å². The van der Waals surface area contributed by atoms with Gasteiger partial charge >= 0.3 is 0 Å². The van der Waals surface area contributed by atoms with Gasteiger partial charge in [-0.25, -0.2) is 0 Å². The summed E-state index contributed by atoms with van der Waals surface area (Å²) in [4.78, 5) is 6.84. The van der Waals surface area contributed by atoms with Crippen molar-refractivity contribution in [3.63, 3.8) is 0 Å². The van der Waals surface area contributed by atoms with E-state index in [1.54, 1.807) is 11.8 Å². The van der Waals surface area contributed by atoms with E-state index in [1.165, 1.54) is 12.8 Å². The minimum absolute atomic E-state index is 0.513. The molecule has 4 unspecified atom stereocenters. The molecule has 2 bridgehead atoms. The molecule has 0 radical (unpaired) electrons. The van der Waals surface area contributed by atoms with Crippen LogP contribution in [-0.4, -0.2) is 61.3 Å². The number of aliphatic imine (C=N–C) groups is 1. The van der Waals surface area contributed by atoms with Gasteiger partial charge in [0.25, 0.3) is 0 Å². The molecular weight excluding hydrogens is 270 g/mol. The van der Waals surface area contributed by atoms with Gasteiger partial charge in [-0.2, -0.15) is 0 Å². The molecule has 20 heavy (non-hydrogen) atoms. The largest absolute Gasteiger partial charge is 0.374 e. The van der Waals surface area contributed by atoms with Gasteiger partial charge in [-0.1, -0.05) is 5.92 Å². The third-order valence-electron chi connectivity index (χ3n) is 4.68. The molecule has 3 fully saturated rings. The number of nitrogens with zero attached hydrogens (tertiary/aromatic N) is 2. The molecule has 1 N–H and O–H groups in total. The topological polar surface area (TPSA) is 36.9 Å². The second-order valence-electron chi connectivity index (χ2n) is 5.75. The van der Waals surface area contributed by atoms with Crippen LogP contribution < -0.4 is 5.32 Å². The van der Waals surface area contributed by atoms with Gasteiger partial charge in [-0.05, 0) is 12.8 Å². The fourth-order valence-electron chi connectivity index (χ4n) is 3.83. The van der Waals surface area contributed by atoms with E-state index >= 15 is 0 Å². The Kier molecular flexibility index (Phi) is 4.42. The van der Waals surface area contributed by atoms with E-state index in [2.05, 4.69) is 21.1 Å². The SMILES string of the molecule is C#CCSCCNC(=NC)N1CC2C3CCC(O3)C2C1. The van der Waals surface area contributed by atoms with Gasteiger partial charge < -0.3 is 15.0 Å².